The molecule has 116 valence electrons. The van der Waals surface area contributed by atoms with Gasteiger partial charge in [-0.3, -0.25) is 9.59 Å². The fourth-order valence-electron chi connectivity index (χ4n) is 2.32. The molecule has 0 unspecified atom stereocenters. The summed E-state index contributed by atoms with van der Waals surface area (Å²) in [5.74, 6) is 1.22. The number of hydrogen-bond donors (Lipinski definition) is 3. The van der Waals surface area contributed by atoms with Gasteiger partial charge in [-0.1, -0.05) is 13.8 Å². The van der Waals surface area contributed by atoms with Crippen LogP contribution in [0.25, 0.3) is 0 Å². The molecule has 0 aromatic carbocycles. The van der Waals surface area contributed by atoms with E-state index in [4.69, 9.17) is 0 Å². The summed E-state index contributed by atoms with van der Waals surface area (Å²) in [6.07, 6.45) is 4.26. The molecule has 20 heavy (non-hydrogen) atoms. The van der Waals surface area contributed by atoms with Gasteiger partial charge >= 0.3 is 0 Å². The summed E-state index contributed by atoms with van der Waals surface area (Å²) >= 11 is 0. The number of rotatable bonds is 8. The average Bonchev–Trinajstić information content (AvgIpc) is 2.44. The molecule has 1 heterocycles. The van der Waals surface area contributed by atoms with E-state index in [2.05, 4.69) is 29.8 Å². The molecule has 5 heteroatoms. The molecular formula is C15H29N3O2. The van der Waals surface area contributed by atoms with Crippen LogP contribution in [0.15, 0.2) is 0 Å². The average molecular weight is 283 g/mol. The van der Waals surface area contributed by atoms with Crippen molar-refractivity contribution in [1.82, 2.24) is 16.0 Å². The SMILES string of the molecule is CC(C)CNC(=O)CCNC(=O)CCC1CCNCC1. The van der Waals surface area contributed by atoms with Gasteiger partial charge in [0.05, 0.1) is 0 Å². The van der Waals surface area contributed by atoms with E-state index in [1.165, 1.54) is 12.8 Å². The maximum atomic E-state index is 11.7. The zero-order valence-corrected chi connectivity index (χ0v) is 12.8. The highest BCUT2D eigenvalue weighted by Gasteiger charge is 2.14. The zero-order chi connectivity index (χ0) is 14.8. The van der Waals surface area contributed by atoms with Crippen LogP contribution in [0, 0.1) is 11.8 Å². The Morgan fingerprint density at radius 3 is 2.40 bits per heavy atom. The first-order valence-corrected chi connectivity index (χ1v) is 7.82. The van der Waals surface area contributed by atoms with Crippen molar-refractivity contribution in [1.29, 1.82) is 0 Å². The molecule has 0 aliphatic carbocycles. The van der Waals surface area contributed by atoms with Crippen LogP contribution in [0.2, 0.25) is 0 Å². The monoisotopic (exact) mass is 283 g/mol. The smallest absolute Gasteiger partial charge is 0.221 e. The molecule has 0 spiro atoms. The first-order chi connectivity index (χ1) is 9.58. The molecule has 1 aliphatic heterocycles. The highest BCUT2D eigenvalue weighted by Crippen LogP contribution is 2.17. The summed E-state index contributed by atoms with van der Waals surface area (Å²) in [7, 11) is 0. The number of carbonyl (C=O) groups excluding carboxylic acids is 2. The zero-order valence-electron chi connectivity index (χ0n) is 12.8. The van der Waals surface area contributed by atoms with E-state index in [0.29, 0.717) is 37.8 Å². The Morgan fingerprint density at radius 1 is 1.10 bits per heavy atom. The fourth-order valence-corrected chi connectivity index (χ4v) is 2.32. The van der Waals surface area contributed by atoms with Crippen LogP contribution in [0.3, 0.4) is 0 Å². The molecule has 0 aromatic heterocycles. The molecule has 0 radical (unpaired) electrons. The van der Waals surface area contributed by atoms with E-state index >= 15 is 0 Å². The molecule has 5 nitrogen and oxygen atoms in total. The lowest BCUT2D eigenvalue weighted by atomic mass is 9.93. The lowest BCUT2D eigenvalue weighted by Gasteiger charge is -2.22. The number of hydrogen-bond acceptors (Lipinski definition) is 3. The largest absolute Gasteiger partial charge is 0.356 e. The van der Waals surface area contributed by atoms with Gasteiger partial charge in [-0.05, 0) is 44.2 Å². The van der Waals surface area contributed by atoms with Gasteiger partial charge in [-0.25, -0.2) is 0 Å². The van der Waals surface area contributed by atoms with Gasteiger partial charge in [0.15, 0.2) is 0 Å². The van der Waals surface area contributed by atoms with Gasteiger partial charge in [-0.2, -0.15) is 0 Å². The van der Waals surface area contributed by atoms with Crippen LogP contribution in [-0.2, 0) is 9.59 Å². The Kier molecular flexibility index (Phi) is 8.26. The topological polar surface area (TPSA) is 70.2 Å². The number of carbonyl (C=O) groups is 2. The second kappa shape index (κ2) is 9.75. The van der Waals surface area contributed by atoms with Crippen LogP contribution in [0.1, 0.15) is 46.0 Å². The Labute approximate surface area is 122 Å². The van der Waals surface area contributed by atoms with Gasteiger partial charge in [0.2, 0.25) is 11.8 Å². The molecule has 0 bridgehead atoms. The van der Waals surface area contributed by atoms with Crippen molar-refractivity contribution in [2.24, 2.45) is 11.8 Å². The van der Waals surface area contributed by atoms with Crippen molar-refractivity contribution in [3.05, 3.63) is 0 Å². The van der Waals surface area contributed by atoms with Gasteiger partial charge in [-0.15, -0.1) is 0 Å². The van der Waals surface area contributed by atoms with E-state index in [1.54, 1.807) is 0 Å². The summed E-state index contributed by atoms with van der Waals surface area (Å²) < 4.78 is 0. The van der Waals surface area contributed by atoms with E-state index in [-0.39, 0.29) is 11.8 Å². The number of piperidine rings is 1. The highest BCUT2D eigenvalue weighted by atomic mass is 16.2. The van der Waals surface area contributed by atoms with Crippen LogP contribution in [-0.4, -0.2) is 38.0 Å². The number of nitrogens with one attached hydrogen (secondary N) is 3. The second-order valence-corrected chi connectivity index (χ2v) is 6.03. The summed E-state index contributed by atoms with van der Waals surface area (Å²) in [4.78, 5) is 23.1. The summed E-state index contributed by atoms with van der Waals surface area (Å²) in [5.41, 5.74) is 0. The standard InChI is InChI=1S/C15H29N3O2/c1-12(2)11-18-15(20)7-10-17-14(19)4-3-13-5-8-16-9-6-13/h12-13,16H,3-11H2,1-2H3,(H,17,19)(H,18,20). The highest BCUT2D eigenvalue weighted by molar-refractivity contribution is 5.78. The first kappa shape index (κ1) is 17.0. The molecule has 1 aliphatic rings. The third-order valence-electron chi connectivity index (χ3n) is 3.62. The molecule has 3 N–H and O–H groups in total. The van der Waals surface area contributed by atoms with Crippen molar-refractivity contribution < 1.29 is 9.59 Å². The molecule has 0 saturated carbocycles. The van der Waals surface area contributed by atoms with Crippen molar-refractivity contribution >= 4 is 11.8 Å². The quantitative estimate of drug-likeness (QED) is 0.623. The van der Waals surface area contributed by atoms with Crippen molar-refractivity contribution in [2.75, 3.05) is 26.2 Å². The lowest BCUT2D eigenvalue weighted by molar-refractivity contribution is -0.122. The van der Waals surface area contributed by atoms with Crippen molar-refractivity contribution in [2.45, 2.75) is 46.0 Å². The van der Waals surface area contributed by atoms with Crippen LogP contribution in [0.5, 0.6) is 0 Å². The van der Waals surface area contributed by atoms with E-state index in [1.807, 2.05) is 0 Å². The molecule has 1 saturated heterocycles. The lowest BCUT2D eigenvalue weighted by Crippen LogP contribution is -2.33. The summed E-state index contributed by atoms with van der Waals surface area (Å²) in [6, 6.07) is 0. The normalized spacial score (nSPS) is 16.1. The molecule has 0 aromatic rings. The minimum Gasteiger partial charge on any atom is -0.356 e. The molecule has 2 amide bonds. The Morgan fingerprint density at radius 2 is 1.75 bits per heavy atom. The van der Waals surface area contributed by atoms with Crippen LogP contribution < -0.4 is 16.0 Å². The van der Waals surface area contributed by atoms with Gasteiger partial charge in [0, 0.05) is 25.9 Å². The minimum absolute atomic E-state index is 0.0114. The minimum atomic E-state index is 0.0114. The van der Waals surface area contributed by atoms with E-state index in [9.17, 15) is 9.59 Å². The third-order valence-corrected chi connectivity index (χ3v) is 3.62. The van der Waals surface area contributed by atoms with Gasteiger partial charge < -0.3 is 16.0 Å². The van der Waals surface area contributed by atoms with E-state index in [0.717, 1.165) is 19.5 Å². The Hall–Kier alpha value is -1.10. The fraction of sp³-hybridized carbons (Fsp3) is 0.867. The predicted molar refractivity (Wildman–Crippen MR) is 80.3 cm³/mol. The Bertz CT molecular complexity index is 299. The molecule has 1 rings (SSSR count). The summed E-state index contributed by atoms with van der Waals surface area (Å²) in [5, 5.41) is 8.99. The Balaban J connectivity index is 2.00. The van der Waals surface area contributed by atoms with Gasteiger partial charge in [0.1, 0.15) is 0 Å². The third kappa shape index (κ3) is 8.15. The number of amides is 2. The van der Waals surface area contributed by atoms with Gasteiger partial charge in [0.25, 0.3) is 0 Å². The molecule has 1 fully saturated rings. The maximum absolute atomic E-state index is 11.7. The molecule has 0 atom stereocenters. The van der Waals surface area contributed by atoms with Crippen LogP contribution >= 0.6 is 0 Å². The molecular weight excluding hydrogens is 254 g/mol. The second-order valence-electron chi connectivity index (χ2n) is 6.03. The van der Waals surface area contributed by atoms with Crippen molar-refractivity contribution in [3.8, 4) is 0 Å². The van der Waals surface area contributed by atoms with Crippen LogP contribution in [0.4, 0.5) is 0 Å². The van der Waals surface area contributed by atoms with Crippen molar-refractivity contribution in [3.63, 3.8) is 0 Å². The predicted octanol–water partition coefficient (Wildman–Crippen LogP) is 1.04. The first-order valence-electron chi connectivity index (χ1n) is 7.82. The maximum Gasteiger partial charge on any atom is 0.221 e. The van der Waals surface area contributed by atoms with E-state index < -0.39 is 0 Å². The summed E-state index contributed by atoms with van der Waals surface area (Å²) in [6.45, 7) is 7.40.